The number of sulfonamides is 1. The third-order valence-electron chi connectivity index (χ3n) is 3.77. The van der Waals surface area contributed by atoms with Crippen molar-refractivity contribution in [2.75, 3.05) is 0 Å². The van der Waals surface area contributed by atoms with E-state index in [1.165, 1.54) is 18.2 Å². The van der Waals surface area contributed by atoms with Crippen LogP contribution < -0.4 is 10.0 Å². The van der Waals surface area contributed by atoms with Crippen LogP contribution in [0.4, 0.5) is 0 Å². The Morgan fingerprint density at radius 1 is 0.889 bits per heavy atom. The Bertz CT molecular complexity index is 1010. The van der Waals surface area contributed by atoms with Gasteiger partial charge in [0, 0.05) is 43.4 Å². The zero-order valence-corrected chi connectivity index (χ0v) is 15.2. The predicted molar refractivity (Wildman–Crippen MR) is 100 cm³/mol. The highest BCUT2D eigenvalue weighted by Gasteiger charge is 2.16. The first-order valence-electron chi connectivity index (χ1n) is 8.20. The van der Waals surface area contributed by atoms with E-state index in [4.69, 9.17) is 0 Å². The lowest BCUT2D eigenvalue weighted by Gasteiger charge is -2.09. The zero-order valence-electron chi connectivity index (χ0n) is 14.4. The van der Waals surface area contributed by atoms with Crippen LogP contribution >= 0.6 is 0 Å². The van der Waals surface area contributed by atoms with Crippen LogP contribution in [-0.2, 0) is 23.1 Å². The van der Waals surface area contributed by atoms with E-state index in [2.05, 4.69) is 20.0 Å². The second-order valence-corrected chi connectivity index (χ2v) is 7.52. The van der Waals surface area contributed by atoms with Gasteiger partial charge in [-0.3, -0.25) is 14.8 Å². The monoisotopic (exact) mass is 382 g/mol. The molecule has 0 atom stereocenters. The minimum absolute atomic E-state index is 0.0282. The molecule has 3 aromatic rings. The maximum atomic E-state index is 12.5. The van der Waals surface area contributed by atoms with Crippen LogP contribution in [-0.4, -0.2) is 24.3 Å². The maximum absolute atomic E-state index is 12.5. The molecule has 2 N–H and O–H groups in total. The molecular weight excluding hydrogens is 364 g/mol. The molecule has 1 amide bonds. The molecule has 0 unspecified atom stereocenters. The summed E-state index contributed by atoms with van der Waals surface area (Å²) in [7, 11) is -3.75. The predicted octanol–water partition coefficient (Wildman–Crippen LogP) is 1.89. The number of amides is 1. The van der Waals surface area contributed by atoms with Crippen LogP contribution in [0.15, 0.2) is 78.2 Å². The number of aromatic nitrogens is 2. The van der Waals surface area contributed by atoms with E-state index in [1.54, 1.807) is 49.1 Å². The van der Waals surface area contributed by atoms with Gasteiger partial charge in [-0.05, 0) is 41.5 Å². The molecule has 0 fully saturated rings. The molecular formula is C19H18N4O3S. The number of carbonyl (C=O) groups excluding carboxylic acids is 1. The molecule has 7 nitrogen and oxygen atoms in total. The molecule has 0 radical (unpaired) electrons. The molecule has 0 saturated carbocycles. The van der Waals surface area contributed by atoms with Gasteiger partial charge in [-0.2, -0.15) is 0 Å². The van der Waals surface area contributed by atoms with Gasteiger partial charge in [0.2, 0.25) is 10.0 Å². The Morgan fingerprint density at radius 2 is 1.56 bits per heavy atom. The molecule has 2 heterocycles. The van der Waals surface area contributed by atoms with Gasteiger partial charge >= 0.3 is 0 Å². The summed E-state index contributed by atoms with van der Waals surface area (Å²) >= 11 is 0. The normalized spacial score (nSPS) is 11.1. The maximum Gasteiger partial charge on any atom is 0.251 e. The molecule has 0 saturated heterocycles. The Morgan fingerprint density at radius 3 is 2.19 bits per heavy atom. The highest BCUT2D eigenvalue weighted by atomic mass is 32.2. The average molecular weight is 382 g/mol. The summed E-state index contributed by atoms with van der Waals surface area (Å²) in [5, 5.41) is 2.75. The number of pyridine rings is 2. The zero-order chi connectivity index (χ0) is 19.1. The SMILES string of the molecule is O=C(NCc1cccnc1)c1cccc(S(=O)(=O)NCc2cccnc2)c1. The largest absolute Gasteiger partial charge is 0.348 e. The van der Waals surface area contributed by atoms with E-state index in [0.29, 0.717) is 6.54 Å². The highest BCUT2D eigenvalue weighted by molar-refractivity contribution is 7.89. The molecule has 2 aromatic heterocycles. The van der Waals surface area contributed by atoms with Crippen molar-refractivity contribution in [1.82, 2.24) is 20.0 Å². The average Bonchev–Trinajstić information content (AvgIpc) is 2.72. The lowest BCUT2D eigenvalue weighted by Crippen LogP contribution is -2.25. The number of hydrogen-bond donors (Lipinski definition) is 2. The highest BCUT2D eigenvalue weighted by Crippen LogP contribution is 2.12. The van der Waals surface area contributed by atoms with Crippen LogP contribution in [0, 0.1) is 0 Å². The van der Waals surface area contributed by atoms with E-state index < -0.39 is 10.0 Å². The molecule has 0 spiro atoms. The lowest BCUT2D eigenvalue weighted by atomic mass is 10.2. The number of nitrogens with zero attached hydrogens (tertiary/aromatic N) is 2. The first-order chi connectivity index (χ1) is 13.0. The van der Waals surface area contributed by atoms with Crippen molar-refractivity contribution in [1.29, 1.82) is 0 Å². The summed E-state index contributed by atoms with van der Waals surface area (Å²) < 4.78 is 27.5. The molecule has 8 heteroatoms. The summed E-state index contributed by atoms with van der Waals surface area (Å²) in [6.07, 6.45) is 6.51. The van der Waals surface area contributed by atoms with E-state index in [0.717, 1.165) is 11.1 Å². The summed E-state index contributed by atoms with van der Waals surface area (Å²) in [6.45, 7) is 0.427. The fourth-order valence-electron chi connectivity index (χ4n) is 2.36. The van der Waals surface area contributed by atoms with Crippen LogP contribution in [0.5, 0.6) is 0 Å². The topological polar surface area (TPSA) is 101 Å². The van der Waals surface area contributed by atoms with Gasteiger partial charge < -0.3 is 5.32 Å². The van der Waals surface area contributed by atoms with Gasteiger partial charge in [-0.1, -0.05) is 18.2 Å². The standard InChI is InChI=1S/C19H18N4O3S/c24-19(22-13-15-4-2-8-20-11-15)17-6-1-7-18(10-17)27(25,26)23-14-16-5-3-9-21-12-16/h1-12,23H,13-14H2,(H,22,24). The molecule has 0 aliphatic carbocycles. The van der Waals surface area contributed by atoms with Crippen LogP contribution in [0.2, 0.25) is 0 Å². The number of rotatable bonds is 7. The third-order valence-corrected chi connectivity index (χ3v) is 5.17. The number of carbonyl (C=O) groups is 1. The molecule has 3 rings (SSSR count). The van der Waals surface area contributed by atoms with Crippen LogP contribution in [0.3, 0.4) is 0 Å². The quantitative estimate of drug-likeness (QED) is 0.650. The number of nitrogens with one attached hydrogen (secondary N) is 2. The first kappa shape index (κ1) is 18.7. The van der Waals surface area contributed by atoms with E-state index in [-0.39, 0.29) is 22.9 Å². The van der Waals surface area contributed by atoms with Gasteiger partial charge in [0.25, 0.3) is 5.91 Å². The number of benzene rings is 1. The van der Waals surface area contributed by atoms with Gasteiger partial charge in [0.1, 0.15) is 0 Å². The third kappa shape index (κ3) is 5.19. The van der Waals surface area contributed by atoms with E-state index in [1.807, 2.05) is 6.07 Å². The molecule has 1 aromatic carbocycles. The summed E-state index contributed by atoms with van der Waals surface area (Å²) in [4.78, 5) is 20.3. The van der Waals surface area contributed by atoms with Gasteiger partial charge in [-0.25, -0.2) is 13.1 Å². The summed E-state index contributed by atoms with van der Waals surface area (Å²) in [5.74, 6) is -0.358. The Kier molecular flexibility index (Phi) is 5.90. The Hall–Kier alpha value is -3.10. The van der Waals surface area contributed by atoms with Crippen LogP contribution in [0.25, 0.3) is 0 Å². The van der Waals surface area contributed by atoms with Crippen molar-refractivity contribution in [3.8, 4) is 0 Å². The van der Waals surface area contributed by atoms with E-state index in [9.17, 15) is 13.2 Å². The number of hydrogen-bond acceptors (Lipinski definition) is 5. The molecule has 0 aliphatic heterocycles. The van der Waals surface area contributed by atoms with Gasteiger partial charge in [-0.15, -0.1) is 0 Å². The second-order valence-electron chi connectivity index (χ2n) is 5.76. The lowest BCUT2D eigenvalue weighted by molar-refractivity contribution is 0.0950. The summed E-state index contributed by atoms with van der Waals surface area (Å²) in [6, 6.07) is 13.0. The Balaban J connectivity index is 1.67. The van der Waals surface area contributed by atoms with Crippen molar-refractivity contribution in [3.05, 3.63) is 90.0 Å². The fraction of sp³-hybridized carbons (Fsp3) is 0.105. The molecule has 0 aliphatic rings. The van der Waals surface area contributed by atoms with Gasteiger partial charge in [0.05, 0.1) is 4.90 Å². The second kappa shape index (κ2) is 8.52. The van der Waals surface area contributed by atoms with Crippen molar-refractivity contribution in [3.63, 3.8) is 0 Å². The minimum atomic E-state index is -3.75. The van der Waals surface area contributed by atoms with Crippen molar-refractivity contribution in [2.45, 2.75) is 18.0 Å². The fourth-order valence-corrected chi connectivity index (χ4v) is 3.42. The van der Waals surface area contributed by atoms with Crippen molar-refractivity contribution >= 4 is 15.9 Å². The van der Waals surface area contributed by atoms with Crippen molar-refractivity contribution in [2.24, 2.45) is 0 Å². The van der Waals surface area contributed by atoms with E-state index >= 15 is 0 Å². The smallest absolute Gasteiger partial charge is 0.251 e. The first-order valence-corrected chi connectivity index (χ1v) is 9.69. The minimum Gasteiger partial charge on any atom is -0.348 e. The molecule has 138 valence electrons. The van der Waals surface area contributed by atoms with Crippen molar-refractivity contribution < 1.29 is 13.2 Å². The summed E-state index contributed by atoms with van der Waals surface area (Å²) in [5.41, 5.74) is 1.86. The van der Waals surface area contributed by atoms with Gasteiger partial charge in [0.15, 0.2) is 0 Å². The molecule has 0 bridgehead atoms. The molecule has 27 heavy (non-hydrogen) atoms. The van der Waals surface area contributed by atoms with Crippen LogP contribution in [0.1, 0.15) is 21.5 Å². The Labute approximate surface area is 157 Å².